The molecule has 3 nitrogen and oxygen atoms in total. The van der Waals surface area contributed by atoms with Crippen molar-refractivity contribution in [3.63, 3.8) is 0 Å². The Balaban J connectivity index is 1.70. The van der Waals surface area contributed by atoms with Crippen LogP contribution in [-0.2, 0) is 0 Å². The van der Waals surface area contributed by atoms with Gasteiger partial charge in [0.15, 0.2) is 0 Å². The number of anilines is 2. The minimum atomic E-state index is 0.538. The smallest absolute Gasteiger partial charge is 0.131 e. The van der Waals surface area contributed by atoms with Gasteiger partial charge in [0.2, 0.25) is 0 Å². The Morgan fingerprint density at radius 1 is 0.900 bits per heavy atom. The highest BCUT2D eigenvalue weighted by molar-refractivity contribution is 6.33. The fourth-order valence-corrected chi connectivity index (χ4v) is 2.93. The molecular weight excluding hydrogens is 293 g/mol. The Morgan fingerprint density at radius 3 is 2.30 bits per heavy atom. The highest BCUT2D eigenvalue weighted by Crippen LogP contribution is 2.27. The second-order valence-corrected chi connectivity index (χ2v) is 5.56. The van der Waals surface area contributed by atoms with E-state index in [1.54, 1.807) is 6.20 Å². The van der Waals surface area contributed by atoms with Gasteiger partial charge in [0, 0.05) is 38.1 Å². The van der Waals surface area contributed by atoms with Crippen LogP contribution in [0.5, 0.6) is 0 Å². The summed E-state index contributed by atoms with van der Waals surface area (Å²) in [6, 6.07) is 11.9. The van der Waals surface area contributed by atoms with Crippen molar-refractivity contribution in [1.29, 1.82) is 0 Å². The quantitative estimate of drug-likeness (QED) is 0.788. The third-order valence-corrected chi connectivity index (χ3v) is 4.07. The van der Waals surface area contributed by atoms with Crippen molar-refractivity contribution in [2.75, 3.05) is 36.0 Å². The molecule has 1 fully saturated rings. The maximum atomic E-state index is 6.25. The SMILES string of the molecule is Clc1cc(N2CCN(c3ccccc3Cl)CC2)ccn1. The van der Waals surface area contributed by atoms with E-state index in [1.807, 2.05) is 30.3 Å². The first-order chi connectivity index (χ1) is 9.74. The largest absolute Gasteiger partial charge is 0.368 e. The zero-order chi connectivity index (χ0) is 13.9. The lowest BCUT2D eigenvalue weighted by atomic mass is 10.2. The van der Waals surface area contributed by atoms with Crippen LogP contribution in [0.25, 0.3) is 0 Å². The van der Waals surface area contributed by atoms with Gasteiger partial charge in [-0.2, -0.15) is 0 Å². The monoisotopic (exact) mass is 307 g/mol. The molecule has 0 atom stereocenters. The van der Waals surface area contributed by atoms with Crippen molar-refractivity contribution < 1.29 is 0 Å². The van der Waals surface area contributed by atoms with Crippen molar-refractivity contribution in [3.05, 3.63) is 52.8 Å². The van der Waals surface area contributed by atoms with Crippen LogP contribution in [0.3, 0.4) is 0 Å². The zero-order valence-corrected chi connectivity index (χ0v) is 12.5. The van der Waals surface area contributed by atoms with E-state index in [0.717, 1.165) is 42.6 Å². The molecule has 0 saturated carbocycles. The first kappa shape index (κ1) is 13.5. The lowest BCUT2D eigenvalue weighted by Crippen LogP contribution is -2.46. The van der Waals surface area contributed by atoms with E-state index in [4.69, 9.17) is 23.2 Å². The highest BCUT2D eigenvalue weighted by Gasteiger charge is 2.19. The van der Waals surface area contributed by atoms with Gasteiger partial charge in [-0.1, -0.05) is 35.3 Å². The van der Waals surface area contributed by atoms with Crippen LogP contribution >= 0.6 is 23.2 Å². The van der Waals surface area contributed by atoms with Gasteiger partial charge >= 0.3 is 0 Å². The minimum absolute atomic E-state index is 0.538. The second kappa shape index (κ2) is 5.90. The van der Waals surface area contributed by atoms with Crippen LogP contribution in [0.15, 0.2) is 42.6 Å². The fraction of sp³-hybridized carbons (Fsp3) is 0.267. The summed E-state index contributed by atoms with van der Waals surface area (Å²) in [7, 11) is 0. The number of benzene rings is 1. The van der Waals surface area contributed by atoms with Crippen LogP contribution in [0, 0.1) is 0 Å². The minimum Gasteiger partial charge on any atom is -0.368 e. The van der Waals surface area contributed by atoms with E-state index < -0.39 is 0 Å². The topological polar surface area (TPSA) is 19.4 Å². The van der Waals surface area contributed by atoms with Crippen LogP contribution in [0.2, 0.25) is 10.2 Å². The highest BCUT2D eigenvalue weighted by atomic mass is 35.5. The van der Waals surface area contributed by atoms with E-state index >= 15 is 0 Å². The second-order valence-electron chi connectivity index (χ2n) is 4.76. The van der Waals surface area contributed by atoms with Crippen molar-refractivity contribution >= 4 is 34.6 Å². The van der Waals surface area contributed by atoms with E-state index in [2.05, 4.69) is 20.9 Å². The molecule has 104 valence electrons. The molecule has 0 bridgehead atoms. The third-order valence-electron chi connectivity index (χ3n) is 3.55. The summed E-state index contributed by atoms with van der Waals surface area (Å²) in [6.07, 6.45) is 1.75. The van der Waals surface area contributed by atoms with E-state index in [0.29, 0.717) is 5.15 Å². The zero-order valence-electron chi connectivity index (χ0n) is 11.0. The molecule has 1 saturated heterocycles. The van der Waals surface area contributed by atoms with Gasteiger partial charge in [-0.15, -0.1) is 0 Å². The molecule has 0 spiro atoms. The Hall–Kier alpha value is -1.45. The van der Waals surface area contributed by atoms with Gasteiger partial charge in [0.05, 0.1) is 10.7 Å². The molecule has 2 heterocycles. The Bertz CT molecular complexity index is 595. The van der Waals surface area contributed by atoms with Crippen LogP contribution < -0.4 is 9.80 Å². The number of aromatic nitrogens is 1. The van der Waals surface area contributed by atoms with Crippen molar-refractivity contribution in [1.82, 2.24) is 4.98 Å². The average molecular weight is 308 g/mol. The maximum absolute atomic E-state index is 6.25. The number of piperazine rings is 1. The Kier molecular flexibility index (Phi) is 3.99. The summed E-state index contributed by atoms with van der Waals surface area (Å²) >= 11 is 12.2. The Morgan fingerprint density at radius 2 is 1.60 bits per heavy atom. The summed E-state index contributed by atoms with van der Waals surface area (Å²) < 4.78 is 0. The van der Waals surface area contributed by atoms with Crippen LogP contribution in [0.4, 0.5) is 11.4 Å². The van der Waals surface area contributed by atoms with Gasteiger partial charge in [-0.05, 0) is 24.3 Å². The lowest BCUT2D eigenvalue weighted by molar-refractivity contribution is 0.653. The maximum Gasteiger partial charge on any atom is 0.131 e. The predicted molar refractivity (Wildman–Crippen MR) is 85.1 cm³/mol. The summed E-state index contributed by atoms with van der Waals surface area (Å²) in [5.41, 5.74) is 2.24. The number of nitrogens with zero attached hydrogens (tertiary/aromatic N) is 3. The van der Waals surface area contributed by atoms with E-state index in [1.165, 1.54) is 0 Å². The van der Waals surface area contributed by atoms with Gasteiger partial charge < -0.3 is 9.80 Å². The number of pyridine rings is 1. The molecule has 3 rings (SSSR count). The molecule has 1 aliphatic rings. The molecule has 0 amide bonds. The molecule has 0 unspecified atom stereocenters. The summed E-state index contributed by atoms with van der Waals surface area (Å²) in [5, 5.41) is 1.35. The molecule has 0 N–H and O–H groups in total. The number of hydrogen-bond acceptors (Lipinski definition) is 3. The fourth-order valence-electron chi connectivity index (χ4n) is 2.50. The molecule has 1 aromatic carbocycles. The van der Waals surface area contributed by atoms with Gasteiger partial charge in [0.1, 0.15) is 5.15 Å². The normalized spacial score (nSPS) is 15.5. The van der Waals surface area contributed by atoms with Crippen molar-refractivity contribution in [2.24, 2.45) is 0 Å². The molecule has 1 aliphatic heterocycles. The summed E-state index contributed by atoms with van der Waals surface area (Å²) in [5.74, 6) is 0. The van der Waals surface area contributed by atoms with E-state index in [-0.39, 0.29) is 0 Å². The van der Waals surface area contributed by atoms with Crippen LogP contribution in [-0.4, -0.2) is 31.2 Å². The number of para-hydroxylation sites is 1. The molecule has 5 heteroatoms. The third kappa shape index (κ3) is 2.84. The molecule has 20 heavy (non-hydrogen) atoms. The molecule has 1 aromatic heterocycles. The summed E-state index contributed by atoms with van der Waals surface area (Å²) in [6.45, 7) is 3.80. The molecule has 0 radical (unpaired) electrons. The van der Waals surface area contributed by atoms with Gasteiger partial charge in [-0.25, -0.2) is 4.98 Å². The summed E-state index contributed by atoms with van der Waals surface area (Å²) in [4.78, 5) is 8.66. The first-order valence-electron chi connectivity index (χ1n) is 6.60. The van der Waals surface area contributed by atoms with Crippen LogP contribution in [0.1, 0.15) is 0 Å². The lowest BCUT2D eigenvalue weighted by Gasteiger charge is -2.37. The molecule has 0 aliphatic carbocycles. The van der Waals surface area contributed by atoms with Gasteiger partial charge in [-0.3, -0.25) is 0 Å². The van der Waals surface area contributed by atoms with Crippen molar-refractivity contribution in [3.8, 4) is 0 Å². The molecular formula is C15H15Cl2N3. The first-order valence-corrected chi connectivity index (χ1v) is 7.35. The van der Waals surface area contributed by atoms with Gasteiger partial charge in [0.25, 0.3) is 0 Å². The standard InChI is InChI=1S/C15H15Cl2N3/c16-13-3-1-2-4-14(13)20-9-7-19(8-10-20)12-5-6-18-15(17)11-12/h1-6,11H,7-10H2. The van der Waals surface area contributed by atoms with Crippen molar-refractivity contribution in [2.45, 2.75) is 0 Å². The van der Waals surface area contributed by atoms with E-state index in [9.17, 15) is 0 Å². The number of halogens is 2. The molecule has 2 aromatic rings. The Labute approximate surface area is 128 Å². The number of hydrogen-bond donors (Lipinski definition) is 0. The average Bonchev–Trinajstić information content (AvgIpc) is 2.48. The number of rotatable bonds is 2. The predicted octanol–water partition coefficient (Wildman–Crippen LogP) is 3.72.